The van der Waals surface area contributed by atoms with Gasteiger partial charge in [0.15, 0.2) is 0 Å². The van der Waals surface area contributed by atoms with Crippen LogP contribution < -0.4 is 18.9 Å². The first-order chi connectivity index (χ1) is 41.9. The summed E-state index contributed by atoms with van der Waals surface area (Å²) in [5, 5.41) is 0. The molecule has 4 bridgehead atoms. The number of fused-ring (bicyclic) bond motifs is 10. The summed E-state index contributed by atoms with van der Waals surface area (Å²) in [4.78, 5) is 103. The maximum absolute atomic E-state index is 14.3. The second-order valence-corrected chi connectivity index (χ2v) is 26.2. The third-order valence-electron chi connectivity index (χ3n) is 20.6. The van der Waals surface area contributed by atoms with Crippen molar-refractivity contribution in [2.75, 3.05) is 27.3 Å². The Morgan fingerprint density at radius 1 is 0.455 bits per heavy atom. The van der Waals surface area contributed by atoms with Crippen LogP contribution in [-0.4, -0.2) is 130 Å². The van der Waals surface area contributed by atoms with Gasteiger partial charge in [-0.15, -0.1) is 0 Å². The molecule has 4 aliphatic heterocycles. The fraction of sp³-hybridized carbons (Fsp3) is 0.676. The Labute approximate surface area is 542 Å². The second-order valence-electron chi connectivity index (χ2n) is 26.2. The Balaban J connectivity index is 0.000000205. The second kappa shape index (κ2) is 31.2. The summed E-state index contributed by atoms with van der Waals surface area (Å²) in [6.45, 7) is 4.32. The minimum Gasteiger partial charge on any atom is -0.540 e. The standard InChI is InChI=1S/C35H46N3O6.C33H42N3O6.2V/c1-22-30(21-39)38-20-32(22)44-34-28(36-27-17-16-25(42-2)18-29(27)37-34)14-8-4-7-12-24-13-9-15-31(24)43-33(40)19-26(35(38)41)23-10-5-3-6-11-23;1-20-28(19-37)36-18-30(20)42-32-26(34-25-14-13-23(40-2)16-27(25)35-32)12-8-4-7-11-22-15-29(22)41-31(38)17-24(33(36)39)21-9-5-3-6-10-21;;/h16-18,22-24,26,30-32H,3-15,19-20H2,1-2H3;13-14,16,20-22,24,28-30H,3-12,15,17-18H2,1-2H3;;/q2*-1;;/t22-,24+,26-,30+,31+,32-;20-,22+,24-,28+,29+,30-;;/m00../s1. The van der Waals surface area contributed by atoms with Crippen molar-refractivity contribution in [3.8, 4) is 23.3 Å². The van der Waals surface area contributed by atoms with Crippen LogP contribution in [0.4, 0.5) is 0 Å². The van der Waals surface area contributed by atoms with Crippen molar-refractivity contribution < 1.29 is 94.3 Å². The molecule has 474 valence electrons. The molecule has 18 nitrogen and oxygen atoms in total. The number of carbonyl (C=O) groups is 4. The van der Waals surface area contributed by atoms with Gasteiger partial charge in [0.05, 0.1) is 74.1 Å². The van der Waals surface area contributed by atoms with E-state index in [1.54, 1.807) is 24.0 Å². The fourth-order valence-electron chi connectivity index (χ4n) is 15.3. The number of aromatic nitrogens is 4. The van der Waals surface area contributed by atoms with Crippen molar-refractivity contribution in [1.82, 2.24) is 29.7 Å². The van der Waals surface area contributed by atoms with Gasteiger partial charge in [-0.1, -0.05) is 90.1 Å². The summed E-state index contributed by atoms with van der Waals surface area (Å²) >= 11 is 0. The molecule has 6 heterocycles. The summed E-state index contributed by atoms with van der Waals surface area (Å²) < 4.78 is 35.9. The molecule has 88 heavy (non-hydrogen) atoms. The van der Waals surface area contributed by atoms with Crippen LogP contribution in [0.2, 0.25) is 0 Å². The van der Waals surface area contributed by atoms with E-state index in [-0.39, 0.29) is 123 Å². The van der Waals surface area contributed by atoms with Gasteiger partial charge in [0.1, 0.15) is 47.3 Å². The van der Waals surface area contributed by atoms with Crippen LogP contribution in [0.1, 0.15) is 179 Å². The summed E-state index contributed by atoms with van der Waals surface area (Å²) in [5.74, 6) is 0.768. The zero-order valence-corrected chi connectivity index (χ0v) is 54.6. The van der Waals surface area contributed by atoms with E-state index in [0.717, 1.165) is 164 Å². The number of aryl methyl sites for hydroxylation is 2. The molecule has 12 rings (SSSR count). The van der Waals surface area contributed by atoms with Crippen molar-refractivity contribution in [3.05, 3.63) is 47.8 Å². The van der Waals surface area contributed by atoms with Gasteiger partial charge in [-0.3, -0.25) is 19.2 Å². The predicted molar refractivity (Wildman–Crippen MR) is 321 cm³/mol. The van der Waals surface area contributed by atoms with Crippen LogP contribution in [0.3, 0.4) is 0 Å². The average Bonchev–Trinajstić information content (AvgIpc) is 2.50. The van der Waals surface area contributed by atoms with E-state index >= 15 is 0 Å². The number of benzene rings is 2. The molecule has 8 aliphatic rings. The Hall–Kier alpha value is -5.29. The Kier molecular flexibility index (Phi) is 23.8. The molecule has 4 aromatic rings. The quantitative estimate of drug-likeness (QED) is 0.130. The monoisotopic (exact) mass is 1280 g/mol. The van der Waals surface area contributed by atoms with E-state index in [1.165, 1.54) is 0 Å². The van der Waals surface area contributed by atoms with E-state index in [2.05, 4.69) is 12.6 Å². The summed E-state index contributed by atoms with van der Waals surface area (Å²) in [7, 11) is 3.24. The van der Waals surface area contributed by atoms with Crippen molar-refractivity contribution in [2.45, 2.75) is 217 Å². The number of esters is 2. The molecule has 2 aromatic carbocycles. The average molecular weight is 1280 g/mol. The minimum atomic E-state index is -0.757. The van der Waals surface area contributed by atoms with Gasteiger partial charge < -0.3 is 47.8 Å². The topological polar surface area (TPSA) is 216 Å². The van der Waals surface area contributed by atoms with Gasteiger partial charge in [-0.05, 0) is 150 Å². The number of rotatable bonds is 6. The first kappa shape index (κ1) is 67.1. The van der Waals surface area contributed by atoms with Crippen LogP contribution in [0, 0.1) is 47.3 Å². The zero-order chi connectivity index (χ0) is 59.8. The largest absolute Gasteiger partial charge is 0.540 e. The van der Waals surface area contributed by atoms with E-state index in [0.29, 0.717) is 59.0 Å². The smallest absolute Gasteiger partial charge is 0.306 e. The first-order valence-corrected chi connectivity index (χ1v) is 32.7. The van der Waals surface area contributed by atoms with Gasteiger partial charge in [-0.25, -0.2) is 32.5 Å². The van der Waals surface area contributed by atoms with Gasteiger partial charge in [-0.2, -0.15) is 0 Å². The maximum Gasteiger partial charge on any atom is 0.306 e. The zero-order valence-electron chi connectivity index (χ0n) is 51.8. The number of hydrogen-bond acceptors (Lipinski definition) is 16. The first-order valence-electron chi connectivity index (χ1n) is 32.7. The Morgan fingerprint density at radius 3 is 1.31 bits per heavy atom. The van der Waals surface area contributed by atoms with Crippen LogP contribution in [0.15, 0.2) is 36.4 Å². The van der Waals surface area contributed by atoms with E-state index in [9.17, 15) is 28.8 Å². The van der Waals surface area contributed by atoms with Crippen molar-refractivity contribution in [3.63, 3.8) is 0 Å². The molecule has 20 heteroatoms. The molecule has 0 N–H and O–H groups in total. The molecule has 2 aromatic heterocycles. The van der Waals surface area contributed by atoms with Crippen molar-refractivity contribution in [1.29, 1.82) is 0 Å². The molecule has 12 atom stereocenters. The molecule has 2 saturated heterocycles. The fourth-order valence-corrected chi connectivity index (χ4v) is 15.3. The molecule has 4 aliphatic carbocycles. The third-order valence-corrected chi connectivity index (χ3v) is 20.6. The van der Waals surface area contributed by atoms with Crippen molar-refractivity contribution in [2.24, 2.45) is 47.3 Å². The molecular formula is C68H88N6O12V2-2. The van der Waals surface area contributed by atoms with Gasteiger partial charge in [0.2, 0.25) is 23.6 Å². The number of ether oxygens (including phenoxy) is 6. The molecule has 2 amide bonds. The number of amides is 2. The number of hydrogen-bond donors (Lipinski definition) is 0. The summed E-state index contributed by atoms with van der Waals surface area (Å²) in [6, 6.07) is 9.75. The predicted octanol–water partition coefficient (Wildman–Crippen LogP) is 10.7. The Morgan fingerprint density at radius 2 is 0.864 bits per heavy atom. The molecule has 4 saturated carbocycles. The number of nitrogens with zero attached hydrogens (tertiary/aromatic N) is 6. The maximum atomic E-state index is 14.3. The van der Waals surface area contributed by atoms with E-state index in [4.69, 9.17) is 48.4 Å². The van der Waals surface area contributed by atoms with Crippen LogP contribution in [-0.2, 0) is 88.2 Å². The SMILES string of the molecule is COc1ccc2nc3c(nc2c1)O[C@H]1CN(C(=O)[C@H](C2CCCCC2)CC(=O)O[C@@H]2CCC[C@H]2CCCCC3)[C@H]([C-]=O)[C@@H]1C.COc1ccc2nc3c(nc2c1)O[C@H]1CN(C(=O)[C@H](C2CCCCC2)CC(=O)O[C@@H]2C[C@H]2CCCCC3)[C@H]([C-]=O)[C@@H]1C.[V].[V]. The molecule has 0 spiro atoms. The van der Waals surface area contributed by atoms with Crippen molar-refractivity contribution >= 4 is 58.4 Å². The molecule has 0 unspecified atom stereocenters. The van der Waals surface area contributed by atoms with Crippen LogP contribution in [0.25, 0.3) is 22.1 Å². The number of carbonyl (C=O) groups excluding carboxylic acids is 6. The van der Waals surface area contributed by atoms with Gasteiger partial charge in [0.25, 0.3) is 0 Å². The third kappa shape index (κ3) is 15.7. The van der Waals surface area contributed by atoms with Crippen LogP contribution >= 0.6 is 0 Å². The molecular weight excluding hydrogens is 1190 g/mol. The Bertz CT molecular complexity index is 3070. The minimum absolute atomic E-state index is 0. The van der Waals surface area contributed by atoms with Gasteiger partial charge >= 0.3 is 11.9 Å². The van der Waals surface area contributed by atoms with E-state index in [1.807, 2.05) is 50.2 Å². The summed E-state index contributed by atoms with van der Waals surface area (Å²) in [5.41, 5.74) is 4.47. The van der Waals surface area contributed by atoms with Crippen LogP contribution in [0.5, 0.6) is 23.3 Å². The van der Waals surface area contributed by atoms with E-state index < -0.39 is 36.1 Å². The number of methoxy groups -OCH3 is 2. The molecule has 2 radical (unpaired) electrons. The molecule has 6 fully saturated rings. The summed E-state index contributed by atoms with van der Waals surface area (Å²) in [6.07, 6.45) is 27.0. The normalized spacial score (nSPS) is 30.4. The van der Waals surface area contributed by atoms with Gasteiger partial charge in [0, 0.05) is 49.2 Å².